The quantitative estimate of drug-likeness (QED) is 0.939. The lowest BCUT2D eigenvalue weighted by molar-refractivity contribution is 0.425. The molecule has 3 rings (SSSR count). The summed E-state index contributed by atoms with van der Waals surface area (Å²) in [6.07, 6.45) is 6.37. The van der Waals surface area contributed by atoms with Crippen molar-refractivity contribution in [1.82, 2.24) is 19.9 Å². The Hall–Kier alpha value is -1.20. The molecule has 1 aliphatic rings. The lowest BCUT2D eigenvalue weighted by Crippen LogP contribution is -2.35. The van der Waals surface area contributed by atoms with Gasteiger partial charge in [0.15, 0.2) is 10.8 Å². The first-order valence-corrected chi connectivity index (χ1v) is 7.98. The maximum atomic E-state index is 4.87. The maximum absolute atomic E-state index is 4.87. The van der Waals surface area contributed by atoms with Crippen molar-refractivity contribution in [2.45, 2.75) is 51.6 Å². The summed E-state index contributed by atoms with van der Waals surface area (Å²) in [5, 5.41) is 4.62. The van der Waals surface area contributed by atoms with Crippen molar-refractivity contribution >= 4 is 11.3 Å². The molecule has 1 saturated carbocycles. The molecule has 20 heavy (non-hydrogen) atoms. The van der Waals surface area contributed by atoms with Crippen LogP contribution in [-0.4, -0.2) is 20.1 Å². The summed E-state index contributed by atoms with van der Waals surface area (Å²) in [7, 11) is 2.02. The van der Waals surface area contributed by atoms with E-state index in [4.69, 9.17) is 4.98 Å². The molecule has 0 unspecified atom stereocenters. The molecule has 0 saturated heterocycles. The van der Waals surface area contributed by atoms with Crippen molar-refractivity contribution in [3.8, 4) is 10.8 Å². The summed E-state index contributed by atoms with van der Waals surface area (Å²) < 4.78 is 2.04. The highest BCUT2D eigenvalue weighted by Gasteiger charge is 2.30. The van der Waals surface area contributed by atoms with Crippen LogP contribution in [0.2, 0.25) is 0 Å². The number of nitrogens with zero attached hydrogens (tertiary/aromatic N) is 3. The molecular weight excluding hydrogens is 268 g/mol. The number of imidazole rings is 1. The van der Waals surface area contributed by atoms with Gasteiger partial charge in [-0.2, -0.15) is 0 Å². The molecule has 1 aliphatic carbocycles. The van der Waals surface area contributed by atoms with Crippen LogP contribution < -0.4 is 5.32 Å². The Labute approximate surface area is 124 Å². The number of aryl methyl sites for hydroxylation is 1. The predicted molar refractivity (Wildman–Crippen MR) is 82.9 cm³/mol. The summed E-state index contributed by atoms with van der Waals surface area (Å²) in [5.41, 5.74) is 1.43. The minimum atomic E-state index is 0.133. The minimum Gasteiger partial charge on any atom is -0.332 e. The molecule has 5 heteroatoms. The second kappa shape index (κ2) is 4.97. The molecule has 1 fully saturated rings. The van der Waals surface area contributed by atoms with Gasteiger partial charge in [-0.3, -0.25) is 0 Å². The van der Waals surface area contributed by atoms with Gasteiger partial charge in [0, 0.05) is 42.3 Å². The fourth-order valence-corrected chi connectivity index (χ4v) is 3.31. The number of nitrogens with one attached hydrogen (secondary N) is 1. The van der Waals surface area contributed by atoms with Crippen molar-refractivity contribution in [3.63, 3.8) is 0 Å². The van der Waals surface area contributed by atoms with Gasteiger partial charge >= 0.3 is 0 Å². The Kier molecular flexibility index (Phi) is 3.42. The molecule has 0 radical (unpaired) electrons. The van der Waals surface area contributed by atoms with Crippen molar-refractivity contribution in [2.24, 2.45) is 7.05 Å². The summed E-state index contributed by atoms with van der Waals surface area (Å²) >= 11 is 1.78. The fraction of sp³-hybridized carbons (Fsp3) is 0.600. The van der Waals surface area contributed by atoms with Gasteiger partial charge in [-0.15, -0.1) is 11.3 Å². The average molecular weight is 290 g/mol. The predicted octanol–water partition coefficient (Wildman–Crippen LogP) is 3.31. The Morgan fingerprint density at radius 3 is 2.70 bits per heavy atom. The highest BCUT2D eigenvalue weighted by Crippen LogP contribution is 2.44. The zero-order chi connectivity index (χ0) is 14.3. The minimum absolute atomic E-state index is 0.133. The Morgan fingerprint density at radius 2 is 2.15 bits per heavy atom. The fourth-order valence-electron chi connectivity index (χ4n) is 2.18. The summed E-state index contributed by atoms with van der Waals surface area (Å²) in [6, 6.07) is 0. The molecule has 0 aromatic carbocycles. The van der Waals surface area contributed by atoms with E-state index < -0.39 is 0 Å². The maximum Gasteiger partial charge on any atom is 0.168 e. The van der Waals surface area contributed by atoms with E-state index in [9.17, 15) is 0 Å². The van der Waals surface area contributed by atoms with Gasteiger partial charge in [0.25, 0.3) is 0 Å². The zero-order valence-corrected chi connectivity index (χ0v) is 13.4. The molecule has 0 aliphatic heterocycles. The molecule has 2 heterocycles. The SMILES string of the molecule is Cn1ccnc1-c1nc(C2CC2)c(CNC(C)(C)C)s1. The second-order valence-electron chi connectivity index (χ2n) is 6.57. The van der Waals surface area contributed by atoms with E-state index in [1.807, 2.05) is 24.0 Å². The van der Waals surface area contributed by atoms with Crippen LogP contribution in [0.15, 0.2) is 12.4 Å². The van der Waals surface area contributed by atoms with Gasteiger partial charge in [0.05, 0.1) is 5.69 Å². The Morgan fingerprint density at radius 1 is 1.40 bits per heavy atom. The molecular formula is C15H22N4S. The second-order valence-corrected chi connectivity index (χ2v) is 7.65. The van der Waals surface area contributed by atoms with Crippen LogP contribution in [-0.2, 0) is 13.6 Å². The van der Waals surface area contributed by atoms with Crippen molar-refractivity contribution in [2.75, 3.05) is 0 Å². The number of rotatable bonds is 4. The Bertz CT molecular complexity index is 602. The van der Waals surface area contributed by atoms with Crippen LogP contribution in [0.1, 0.15) is 50.1 Å². The highest BCUT2D eigenvalue weighted by molar-refractivity contribution is 7.15. The Balaban J connectivity index is 1.89. The van der Waals surface area contributed by atoms with Gasteiger partial charge in [-0.1, -0.05) is 0 Å². The third kappa shape index (κ3) is 2.94. The smallest absolute Gasteiger partial charge is 0.168 e. The highest BCUT2D eigenvalue weighted by atomic mass is 32.1. The number of hydrogen-bond acceptors (Lipinski definition) is 4. The van der Waals surface area contributed by atoms with Gasteiger partial charge in [-0.05, 0) is 33.6 Å². The van der Waals surface area contributed by atoms with Crippen molar-refractivity contribution in [1.29, 1.82) is 0 Å². The third-order valence-corrected chi connectivity index (χ3v) is 4.55. The van der Waals surface area contributed by atoms with E-state index in [1.165, 1.54) is 23.4 Å². The molecule has 2 aromatic rings. The first-order chi connectivity index (χ1) is 9.44. The summed E-state index contributed by atoms with van der Waals surface area (Å²) in [4.78, 5) is 10.7. The van der Waals surface area contributed by atoms with Gasteiger partial charge in [-0.25, -0.2) is 9.97 Å². The van der Waals surface area contributed by atoms with Gasteiger partial charge in [0.2, 0.25) is 0 Å². The molecule has 108 valence electrons. The van der Waals surface area contributed by atoms with Crippen LogP contribution in [0.4, 0.5) is 0 Å². The van der Waals surface area contributed by atoms with E-state index in [0.717, 1.165) is 17.4 Å². The standard InChI is InChI=1S/C15H22N4S/c1-15(2,3)17-9-11-12(10-5-6-10)18-14(20-11)13-16-7-8-19(13)4/h7-8,10,17H,5-6,9H2,1-4H3. The molecule has 0 spiro atoms. The van der Waals surface area contributed by atoms with E-state index >= 15 is 0 Å². The topological polar surface area (TPSA) is 42.7 Å². The van der Waals surface area contributed by atoms with E-state index in [-0.39, 0.29) is 5.54 Å². The molecule has 1 N–H and O–H groups in total. The van der Waals surface area contributed by atoms with Crippen LogP contribution >= 0.6 is 11.3 Å². The lowest BCUT2D eigenvalue weighted by Gasteiger charge is -2.20. The molecule has 0 bridgehead atoms. The number of hydrogen-bond donors (Lipinski definition) is 1. The average Bonchev–Trinajstić information content (AvgIpc) is 2.98. The molecule has 0 atom stereocenters. The number of aromatic nitrogens is 3. The molecule has 2 aromatic heterocycles. The van der Waals surface area contributed by atoms with Gasteiger partial charge < -0.3 is 9.88 Å². The zero-order valence-electron chi connectivity index (χ0n) is 12.6. The summed E-state index contributed by atoms with van der Waals surface area (Å²) in [5.74, 6) is 1.65. The first kappa shape index (κ1) is 13.8. The normalized spacial score (nSPS) is 15.8. The monoisotopic (exact) mass is 290 g/mol. The third-order valence-electron chi connectivity index (χ3n) is 3.48. The van der Waals surface area contributed by atoms with Crippen LogP contribution in [0, 0.1) is 0 Å². The van der Waals surface area contributed by atoms with Crippen molar-refractivity contribution in [3.05, 3.63) is 23.0 Å². The van der Waals surface area contributed by atoms with E-state index in [0.29, 0.717) is 5.92 Å². The van der Waals surface area contributed by atoms with Gasteiger partial charge in [0.1, 0.15) is 0 Å². The van der Waals surface area contributed by atoms with E-state index in [2.05, 4.69) is 31.1 Å². The largest absolute Gasteiger partial charge is 0.332 e. The van der Waals surface area contributed by atoms with E-state index in [1.54, 1.807) is 11.3 Å². The van der Waals surface area contributed by atoms with Crippen molar-refractivity contribution < 1.29 is 0 Å². The lowest BCUT2D eigenvalue weighted by atomic mass is 10.1. The van der Waals surface area contributed by atoms with Crippen LogP contribution in [0.25, 0.3) is 10.8 Å². The molecule has 4 nitrogen and oxygen atoms in total. The summed E-state index contributed by atoms with van der Waals surface area (Å²) in [6.45, 7) is 7.50. The molecule has 0 amide bonds. The van der Waals surface area contributed by atoms with Crippen LogP contribution in [0.3, 0.4) is 0 Å². The number of thiazole rings is 1. The van der Waals surface area contributed by atoms with Crippen LogP contribution in [0.5, 0.6) is 0 Å². The first-order valence-electron chi connectivity index (χ1n) is 7.16.